The number of unbranched alkanes of at least 4 members (excludes halogenated alkanes) is 2. The number of benzene rings is 1. The second kappa shape index (κ2) is 14.4. The molecule has 3 heterocycles. The Hall–Kier alpha value is -4.09. The fourth-order valence-electron chi connectivity index (χ4n) is 5.99. The van der Waals surface area contributed by atoms with Crippen molar-refractivity contribution in [2.24, 2.45) is 5.92 Å². The van der Waals surface area contributed by atoms with Gasteiger partial charge in [0.1, 0.15) is 31.3 Å². The molecule has 2 saturated heterocycles. The minimum absolute atomic E-state index is 0.0194. The molecule has 5 atom stereocenters. The Morgan fingerprint density at radius 3 is 2.51 bits per heavy atom. The third-order valence-corrected chi connectivity index (χ3v) is 8.65. The maximum absolute atomic E-state index is 14.1. The third kappa shape index (κ3) is 7.29. The maximum atomic E-state index is 14.1. The number of hydrogen-bond donors (Lipinski definition) is 4. The van der Waals surface area contributed by atoms with E-state index < -0.39 is 47.9 Å². The molecule has 0 radical (unpaired) electrons. The zero-order valence-electron chi connectivity index (χ0n) is 25.1. The summed E-state index contributed by atoms with van der Waals surface area (Å²) in [5.41, 5.74) is 1.18. The number of nitrogens with zero attached hydrogens (tertiary/aromatic N) is 2. The van der Waals surface area contributed by atoms with Crippen molar-refractivity contribution in [1.29, 1.82) is 0 Å². The van der Waals surface area contributed by atoms with Gasteiger partial charge in [-0.2, -0.15) is 4.73 Å². The summed E-state index contributed by atoms with van der Waals surface area (Å²) in [5, 5.41) is 18.4. The molecule has 43 heavy (non-hydrogen) atoms. The molecule has 4 amide bonds. The molecular weight excluding hydrogens is 554 g/mol. The number of carboxylic acids is 1. The summed E-state index contributed by atoms with van der Waals surface area (Å²) in [6.45, 7) is 4.21. The van der Waals surface area contributed by atoms with Gasteiger partial charge in [0, 0.05) is 23.9 Å². The molecule has 5 unspecified atom stereocenters. The van der Waals surface area contributed by atoms with Crippen LogP contribution >= 0.6 is 0 Å². The zero-order valence-corrected chi connectivity index (χ0v) is 25.1. The first kappa shape index (κ1) is 31.8. The standard InChI is InChI=1S/C31H43N5O7/c1-4-19(2)26-31(42)35-17-11-10-15-24(35)29(40)32-22(13-6-5-7-16-25(37)38)28(39)34-27(30(41)33-26)21-18-36(43-3)23-14-9-8-12-20(21)23/h8-9,12,14,18-19,22,24,26-27H,4-7,10-11,13,15-17H2,1-3H3,(H,32,40)(H,33,41)(H,34,39)(H,37,38). The zero-order chi connectivity index (χ0) is 31.1. The average Bonchev–Trinajstić information content (AvgIpc) is 3.38. The Morgan fingerprint density at radius 1 is 1.02 bits per heavy atom. The van der Waals surface area contributed by atoms with Gasteiger partial charge in [0.2, 0.25) is 23.6 Å². The number of carbonyl (C=O) groups excluding carboxylic acids is 4. The molecule has 234 valence electrons. The van der Waals surface area contributed by atoms with Crippen LogP contribution in [0.1, 0.15) is 83.2 Å². The Labute approximate surface area is 251 Å². The Bertz CT molecular complexity index is 1340. The number of para-hydroxylation sites is 1. The van der Waals surface area contributed by atoms with Gasteiger partial charge in [-0.3, -0.25) is 24.0 Å². The molecule has 2 aliphatic heterocycles. The average molecular weight is 598 g/mol. The normalized spacial score (nSPS) is 24.2. The summed E-state index contributed by atoms with van der Waals surface area (Å²) in [5.74, 6) is -2.89. The van der Waals surface area contributed by atoms with Crippen molar-refractivity contribution in [1.82, 2.24) is 25.6 Å². The van der Waals surface area contributed by atoms with Crippen molar-refractivity contribution in [2.45, 2.75) is 95.8 Å². The number of piperidine rings is 1. The molecule has 2 fully saturated rings. The highest BCUT2D eigenvalue weighted by atomic mass is 16.6. The highest BCUT2D eigenvalue weighted by molar-refractivity contribution is 6.00. The van der Waals surface area contributed by atoms with Crippen LogP contribution in [0.15, 0.2) is 30.5 Å². The number of carbonyl (C=O) groups is 5. The van der Waals surface area contributed by atoms with Crippen LogP contribution in [0.25, 0.3) is 10.9 Å². The number of nitrogens with one attached hydrogen (secondary N) is 3. The third-order valence-electron chi connectivity index (χ3n) is 8.65. The number of carboxylic acid groups (broad SMARTS) is 1. The SMILES string of the molecule is CCC(C)C1NC(=O)C(c2cn(OC)c3ccccc23)NC(=O)C(CCCCCC(=O)O)NC(=O)C2CCCCN2C1=O. The summed E-state index contributed by atoms with van der Waals surface area (Å²) in [6.07, 6.45) is 5.99. The summed E-state index contributed by atoms with van der Waals surface area (Å²) in [7, 11) is 1.50. The highest BCUT2D eigenvalue weighted by Gasteiger charge is 2.41. The molecule has 2 aliphatic rings. The van der Waals surface area contributed by atoms with Crippen LogP contribution in [0, 0.1) is 5.92 Å². The van der Waals surface area contributed by atoms with Crippen molar-refractivity contribution in [3.63, 3.8) is 0 Å². The van der Waals surface area contributed by atoms with Crippen LogP contribution in [0.5, 0.6) is 0 Å². The maximum Gasteiger partial charge on any atom is 0.303 e. The van der Waals surface area contributed by atoms with E-state index in [2.05, 4.69) is 16.0 Å². The number of hydrogen-bond acceptors (Lipinski definition) is 6. The number of amides is 4. The molecule has 1 aromatic carbocycles. The van der Waals surface area contributed by atoms with Crippen molar-refractivity contribution >= 4 is 40.5 Å². The highest BCUT2D eigenvalue weighted by Crippen LogP contribution is 2.28. The lowest BCUT2D eigenvalue weighted by Crippen LogP contribution is -2.62. The summed E-state index contributed by atoms with van der Waals surface area (Å²) in [6, 6.07) is 3.52. The van der Waals surface area contributed by atoms with Gasteiger partial charge >= 0.3 is 5.97 Å². The van der Waals surface area contributed by atoms with Gasteiger partial charge in [0.05, 0.1) is 11.7 Å². The number of aromatic nitrogens is 1. The van der Waals surface area contributed by atoms with E-state index in [9.17, 15) is 24.0 Å². The molecule has 0 aliphatic carbocycles. The van der Waals surface area contributed by atoms with Gasteiger partial charge in [-0.05, 0) is 44.1 Å². The van der Waals surface area contributed by atoms with E-state index in [1.807, 2.05) is 38.1 Å². The fraction of sp³-hybridized carbons (Fsp3) is 0.581. The van der Waals surface area contributed by atoms with Crippen LogP contribution in [0.2, 0.25) is 0 Å². The lowest BCUT2D eigenvalue weighted by molar-refractivity contribution is -0.147. The lowest BCUT2D eigenvalue weighted by atomic mass is 9.93. The molecule has 0 bridgehead atoms. The first-order valence-electron chi connectivity index (χ1n) is 15.2. The molecule has 1 aromatic heterocycles. The van der Waals surface area contributed by atoms with Crippen molar-refractivity contribution < 1.29 is 33.9 Å². The quantitative estimate of drug-likeness (QED) is 0.306. The predicted molar refractivity (Wildman–Crippen MR) is 159 cm³/mol. The van der Waals surface area contributed by atoms with Crippen molar-refractivity contribution in [2.75, 3.05) is 13.7 Å². The largest absolute Gasteiger partial charge is 0.481 e. The van der Waals surface area contributed by atoms with E-state index in [1.165, 1.54) is 11.8 Å². The number of rotatable bonds is 10. The number of fused-ring (bicyclic) bond motifs is 2. The second-order valence-electron chi connectivity index (χ2n) is 11.5. The van der Waals surface area contributed by atoms with Gasteiger partial charge in [-0.1, -0.05) is 51.3 Å². The summed E-state index contributed by atoms with van der Waals surface area (Å²) < 4.78 is 1.51. The molecular formula is C31H43N5O7. The predicted octanol–water partition coefficient (Wildman–Crippen LogP) is 2.30. The van der Waals surface area contributed by atoms with Gasteiger partial charge in [-0.15, -0.1) is 0 Å². The van der Waals surface area contributed by atoms with E-state index in [-0.39, 0.29) is 24.7 Å². The molecule has 4 N–H and O–H groups in total. The first-order valence-corrected chi connectivity index (χ1v) is 15.2. The summed E-state index contributed by atoms with van der Waals surface area (Å²) >= 11 is 0. The van der Waals surface area contributed by atoms with Crippen LogP contribution in [0.4, 0.5) is 0 Å². The van der Waals surface area contributed by atoms with E-state index in [4.69, 9.17) is 9.94 Å². The first-order chi connectivity index (χ1) is 20.7. The lowest BCUT2D eigenvalue weighted by Gasteiger charge is -2.39. The van der Waals surface area contributed by atoms with E-state index in [0.717, 1.165) is 12.8 Å². The molecule has 4 rings (SSSR count). The van der Waals surface area contributed by atoms with Crippen LogP contribution in [0.3, 0.4) is 0 Å². The van der Waals surface area contributed by atoms with Gasteiger partial charge in [0.25, 0.3) is 0 Å². The molecule has 12 nitrogen and oxygen atoms in total. The second-order valence-corrected chi connectivity index (χ2v) is 11.5. The smallest absolute Gasteiger partial charge is 0.303 e. The monoisotopic (exact) mass is 597 g/mol. The van der Waals surface area contributed by atoms with Crippen LogP contribution in [-0.4, -0.2) is 76.1 Å². The van der Waals surface area contributed by atoms with Gasteiger partial charge in [-0.25, -0.2) is 0 Å². The Balaban J connectivity index is 1.74. The number of aliphatic carboxylic acids is 1. The Morgan fingerprint density at radius 2 is 1.79 bits per heavy atom. The molecule has 0 saturated carbocycles. The summed E-state index contributed by atoms with van der Waals surface area (Å²) in [4.78, 5) is 73.6. The van der Waals surface area contributed by atoms with E-state index in [1.54, 1.807) is 11.1 Å². The topological polar surface area (TPSA) is 159 Å². The molecule has 2 aromatic rings. The minimum Gasteiger partial charge on any atom is -0.481 e. The van der Waals surface area contributed by atoms with Crippen molar-refractivity contribution in [3.05, 3.63) is 36.0 Å². The van der Waals surface area contributed by atoms with E-state index in [0.29, 0.717) is 55.1 Å². The molecule has 0 spiro atoms. The van der Waals surface area contributed by atoms with Crippen LogP contribution in [-0.2, 0) is 24.0 Å². The van der Waals surface area contributed by atoms with E-state index >= 15 is 0 Å². The fourth-order valence-corrected chi connectivity index (χ4v) is 5.99. The van der Waals surface area contributed by atoms with Gasteiger partial charge in [0.15, 0.2) is 0 Å². The van der Waals surface area contributed by atoms with Gasteiger partial charge < -0.3 is 30.8 Å². The Kier molecular flexibility index (Phi) is 10.7. The van der Waals surface area contributed by atoms with Crippen molar-refractivity contribution in [3.8, 4) is 0 Å². The minimum atomic E-state index is -1.18. The molecule has 12 heteroatoms. The van der Waals surface area contributed by atoms with Crippen LogP contribution < -0.4 is 20.8 Å².